The molecular weight excluding hydrogens is 386 g/mol. The van der Waals surface area contributed by atoms with E-state index in [1.165, 1.54) is 6.33 Å². The van der Waals surface area contributed by atoms with Crippen molar-refractivity contribution in [3.8, 4) is 17.2 Å². The number of aromatic nitrogens is 3. The minimum Gasteiger partial charge on any atom is -0.495 e. The lowest BCUT2D eigenvalue weighted by molar-refractivity contribution is -0.113. The van der Waals surface area contributed by atoms with Gasteiger partial charge in [0.25, 0.3) is 5.91 Å². The minimum absolute atomic E-state index is 0.176. The minimum atomic E-state index is -0.493. The van der Waals surface area contributed by atoms with Gasteiger partial charge in [-0.05, 0) is 36.8 Å². The summed E-state index contributed by atoms with van der Waals surface area (Å²) in [5.41, 5.74) is 2.61. The van der Waals surface area contributed by atoms with Gasteiger partial charge in [-0.25, -0.2) is 4.68 Å². The molecule has 5 rings (SSSR count). The van der Waals surface area contributed by atoms with E-state index in [1.54, 1.807) is 23.9 Å². The predicted molar refractivity (Wildman–Crippen MR) is 109 cm³/mol. The van der Waals surface area contributed by atoms with Crippen LogP contribution in [0.2, 0.25) is 0 Å². The van der Waals surface area contributed by atoms with Gasteiger partial charge >= 0.3 is 0 Å². The van der Waals surface area contributed by atoms with E-state index < -0.39 is 6.04 Å². The summed E-state index contributed by atoms with van der Waals surface area (Å²) in [5, 5.41) is 10.5. The zero-order valence-electron chi connectivity index (χ0n) is 16.4. The predicted octanol–water partition coefficient (Wildman–Crippen LogP) is 2.94. The first-order valence-corrected chi connectivity index (χ1v) is 9.37. The molecule has 2 aliphatic rings. The molecule has 0 fully saturated rings. The average Bonchev–Trinajstić information content (AvgIpc) is 3.41. The largest absolute Gasteiger partial charge is 0.495 e. The van der Waals surface area contributed by atoms with Crippen LogP contribution in [0.3, 0.4) is 0 Å². The summed E-state index contributed by atoms with van der Waals surface area (Å²) < 4.78 is 18.0. The van der Waals surface area contributed by atoms with Crippen molar-refractivity contribution in [2.45, 2.75) is 13.0 Å². The van der Waals surface area contributed by atoms with Crippen LogP contribution in [0.4, 0.5) is 11.6 Å². The smallest absolute Gasteiger partial charge is 0.255 e. The van der Waals surface area contributed by atoms with Gasteiger partial charge in [0.2, 0.25) is 12.7 Å². The quantitative estimate of drug-likeness (QED) is 0.688. The lowest BCUT2D eigenvalue weighted by Gasteiger charge is -2.29. The van der Waals surface area contributed by atoms with E-state index in [1.807, 2.05) is 37.3 Å². The molecule has 3 aromatic rings. The first-order valence-electron chi connectivity index (χ1n) is 9.37. The zero-order valence-corrected chi connectivity index (χ0v) is 16.4. The topological polar surface area (TPSA) is 99.5 Å². The molecular formula is C21H19N5O4. The van der Waals surface area contributed by atoms with Crippen molar-refractivity contribution in [3.05, 3.63) is 65.6 Å². The molecule has 152 valence electrons. The molecule has 1 atom stereocenters. The zero-order chi connectivity index (χ0) is 20.7. The van der Waals surface area contributed by atoms with E-state index in [0.29, 0.717) is 40.2 Å². The molecule has 0 radical (unpaired) electrons. The fourth-order valence-electron chi connectivity index (χ4n) is 3.71. The van der Waals surface area contributed by atoms with Crippen LogP contribution in [0, 0.1) is 0 Å². The monoisotopic (exact) mass is 405 g/mol. The van der Waals surface area contributed by atoms with Crippen molar-refractivity contribution < 1.29 is 19.0 Å². The van der Waals surface area contributed by atoms with Gasteiger partial charge in [0.15, 0.2) is 11.5 Å². The molecule has 30 heavy (non-hydrogen) atoms. The first-order chi connectivity index (χ1) is 14.7. The number of carbonyl (C=O) groups excluding carboxylic acids is 1. The summed E-state index contributed by atoms with van der Waals surface area (Å²) in [5.74, 6) is 2.17. The Hall–Kier alpha value is -4.01. The third kappa shape index (κ3) is 2.91. The van der Waals surface area contributed by atoms with Crippen molar-refractivity contribution in [1.82, 2.24) is 14.8 Å². The van der Waals surface area contributed by atoms with Gasteiger partial charge < -0.3 is 24.8 Å². The highest BCUT2D eigenvalue weighted by Gasteiger charge is 2.34. The second-order valence-corrected chi connectivity index (χ2v) is 6.86. The van der Waals surface area contributed by atoms with Crippen LogP contribution in [0.25, 0.3) is 0 Å². The van der Waals surface area contributed by atoms with Crippen molar-refractivity contribution in [1.29, 1.82) is 0 Å². The second kappa shape index (κ2) is 7.11. The summed E-state index contributed by atoms with van der Waals surface area (Å²) in [6.45, 7) is 2.02. The molecule has 2 aromatic carbocycles. The Morgan fingerprint density at radius 2 is 2.07 bits per heavy atom. The molecule has 1 amide bonds. The van der Waals surface area contributed by atoms with Crippen LogP contribution in [-0.2, 0) is 4.79 Å². The van der Waals surface area contributed by atoms with Gasteiger partial charge in [-0.15, -0.1) is 0 Å². The summed E-state index contributed by atoms with van der Waals surface area (Å²) in [4.78, 5) is 17.7. The number of rotatable bonds is 4. The Kier molecular flexibility index (Phi) is 4.27. The molecule has 0 unspecified atom stereocenters. The van der Waals surface area contributed by atoms with Crippen LogP contribution in [0.5, 0.6) is 17.2 Å². The van der Waals surface area contributed by atoms with Gasteiger partial charge in [-0.1, -0.05) is 18.2 Å². The highest BCUT2D eigenvalue weighted by Crippen LogP contribution is 2.40. The molecule has 0 aliphatic carbocycles. The van der Waals surface area contributed by atoms with Gasteiger partial charge in [0, 0.05) is 5.70 Å². The maximum atomic E-state index is 13.4. The van der Waals surface area contributed by atoms with E-state index >= 15 is 0 Å². The van der Waals surface area contributed by atoms with E-state index in [2.05, 4.69) is 20.7 Å². The van der Waals surface area contributed by atoms with E-state index in [9.17, 15) is 4.79 Å². The van der Waals surface area contributed by atoms with Crippen molar-refractivity contribution in [2.24, 2.45) is 0 Å². The molecule has 9 nitrogen and oxygen atoms in total. The normalized spacial score (nSPS) is 16.7. The molecule has 9 heteroatoms. The molecule has 3 heterocycles. The number of nitrogens with one attached hydrogen (secondary N) is 2. The Morgan fingerprint density at radius 3 is 2.93 bits per heavy atom. The van der Waals surface area contributed by atoms with Crippen LogP contribution < -0.4 is 24.8 Å². The number of anilines is 2. The van der Waals surface area contributed by atoms with Gasteiger partial charge in [-0.2, -0.15) is 10.1 Å². The molecule has 0 spiro atoms. The fraction of sp³-hybridized carbons (Fsp3) is 0.190. The number of amides is 1. The van der Waals surface area contributed by atoms with Crippen LogP contribution in [-0.4, -0.2) is 34.6 Å². The van der Waals surface area contributed by atoms with E-state index in [0.717, 1.165) is 5.56 Å². The van der Waals surface area contributed by atoms with Gasteiger partial charge in [0.05, 0.1) is 18.4 Å². The number of para-hydroxylation sites is 2. The highest BCUT2D eigenvalue weighted by atomic mass is 16.7. The third-order valence-electron chi connectivity index (χ3n) is 5.11. The Labute approximate surface area is 172 Å². The SMILES string of the molecule is COc1ccccc1NC(=O)C1=C(C)Nc2ncnn2[C@H]1c1ccc2c(c1)OCO2. The van der Waals surface area contributed by atoms with Gasteiger partial charge in [-0.3, -0.25) is 4.79 Å². The molecule has 0 saturated heterocycles. The van der Waals surface area contributed by atoms with Crippen molar-refractivity contribution >= 4 is 17.5 Å². The van der Waals surface area contributed by atoms with Crippen LogP contribution in [0.15, 0.2) is 60.1 Å². The first kappa shape index (κ1) is 18.0. The van der Waals surface area contributed by atoms with Crippen molar-refractivity contribution in [3.63, 3.8) is 0 Å². The molecule has 2 N–H and O–H groups in total. The number of benzene rings is 2. The molecule has 0 bridgehead atoms. The maximum Gasteiger partial charge on any atom is 0.255 e. The number of fused-ring (bicyclic) bond motifs is 2. The second-order valence-electron chi connectivity index (χ2n) is 6.86. The lowest BCUT2D eigenvalue weighted by Crippen LogP contribution is -2.31. The van der Waals surface area contributed by atoms with Crippen LogP contribution in [0.1, 0.15) is 18.5 Å². The van der Waals surface area contributed by atoms with Gasteiger partial charge in [0.1, 0.15) is 18.1 Å². The lowest BCUT2D eigenvalue weighted by atomic mass is 9.94. The highest BCUT2D eigenvalue weighted by molar-refractivity contribution is 6.06. The molecule has 2 aliphatic heterocycles. The number of nitrogens with zero attached hydrogens (tertiary/aromatic N) is 3. The average molecular weight is 405 g/mol. The van der Waals surface area contributed by atoms with E-state index in [4.69, 9.17) is 14.2 Å². The summed E-state index contributed by atoms with van der Waals surface area (Å²) >= 11 is 0. The Morgan fingerprint density at radius 1 is 1.23 bits per heavy atom. The Bertz CT molecular complexity index is 1170. The fourth-order valence-corrected chi connectivity index (χ4v) is 3.71. The Balaban J connectivity index is 1.57. The molecule has 1 aromatic heterocycles. The number of allylic oxidation sites excluding steroid dienone is 1. The number of hydrogen-bond acceptors (Lipinski definition) is 7. The summed E-state index contributed by atoms with van der Waals surface area (Å²) in [6, 6.07) is 12.4. The number of methoxy groups -OCH3 is 1. The number of hydrogen-bond donors (Lipinski definition) is 2. The standard InChI is InChI=1S/C21H19N5O4/c1-12-18(20(27)25-14-5-3-4-6-15(14)28-2)19(26-21(24-12)22-10-23-26)13-7-8-16-17(9-13)30-11-29-16/h3-10,19H,11H2,1-2H3,(H,25,27)(H,22,23,24)/t19-/m0/s1. The molecule has 0 saturated carbocycles. The summed E-state index contributed by atoms with van der Waals surface area (Å²) in [6.07, 6.45) is 1.46. The van der Waals surface area contributed by atoms with E-state index in [-0.39, 0.29) is 12.7 Å². The third-order valence-corrected chi connectivity index (χ3v) is 5.11. The number of ether oxygens (including phenoxy) is 3. The number of carbonyl (C=O) groups is 1. The van der Waals surface area contributed by atoms with Crippen molar-refractivity contribution in [2.75, 3.05) is 24.5 Å². The van der Waals surface area contributed by atoms with Crippen LogP contribution >= 0.6 is 0 Å². The summed E-state index contributed by atoms with van der Waals surface area (Å²) in [7, 11) is 1.56. The maximum absolute atomic E-state index is 13.4.